The van der Waals surface area contributed by atoms with Crippen LogP contribution in [-0.4, -0.2) is 29.0 Å². The van der Waals surface area contributed by atoms with Crippen LogP contribution in [0.5, 0.6) is 0 Å². The van der Waals surface area contributed by atoms with Crippen molar-refractivity contribution in [3.63, 3.8) is 0 Å². The zero-order chi connectivity index (χ0) is 12.7. The van der Waals surface area contributed by atoms with Crippen molar-refractivity contribution in [2.75, 3.05) is 7.05 Å². The number of hydrogen-bond acceptors (Lipinski definition) is 3. The lowest BCUT2D eigenvalue weighted by Crippen LogP contribution is -2.59. The highest BCUT2D eigenvalue weighted by atomic mass is 16.4. The van der Waals surface area contributed by atoms with Gasteiger partial charge in [-0.2, -0.15) is 0 Å². The van der Waals surface area contributed by atoms with E-state index in [0.29, 0.717) is 0 Å². The molecule has 0 aromatic carbocycles. The monoisotopic (exact) mass is 224 g/mol. The average molecular weight is 224 g/mol. The summed E-state index contributed by atoms with van der Waals surface area (Å²) in [6, 6.07) is 0. The highest BCUT2D eigenvalue weighted by molar-refractivity contribution is 5.84. The molecule has 1 fully saturated rings. The van der Waals surface area contributed by atoms with Gasteiger partial charge in [0.25, 0.3) is 0 Å². The fraction of sp³-hybridized carbons (Fsp3) is 0.769. The lowest BCUT2D eigenvalue weighted by atomic mass is 9.71. The number of hydrogen-bond donors (Lipinski definition) is 0. The van der Waals surface area contributed by atoms with Crippen molar-refractivity contribution in [2.24, 2.45) is 5.92 Å². The summed E-state index contributed by atoms with van der Waals surface area (Å²) in [4.78, 5) is 13.2. The van der Waals surface area contributed by atoms with Crippen LogP contribution >= 0.6 is 0 Å². The maximum absolute atomic E-state index is 10.9. The minimum absolute atomic E-state index is 0.00912. The average Bonchev–Trinajstić information content (AvgIpc) is 2.11. The highest BCUT2D eigenvalue weighted by Crippen LogP contribution is 2.42. The zero-order valence-corrected chi connectivity index (χ0v) is 11.0. The first-order chi connectivity index (χ1) is 7.08. The summed E-state index contributed by atoms with van der Waals surface area (Å²) in [6.07, 6.45) is 1.64. The molecule has 0 aliphatic carbocycles. The molecule has 0 bridgehead atoms. The molecule has 3 nitrogen and oxygen atoms in total. The maximum Gasteiger partial charge on any atom is 0.0671 e. The second kappa shape index (κ2) is 3.88. The Balaban J connectivity index is 2.95. The second-order valence-corrected chi connectivity index (χ2v) is 6.10. The molecule has 0 amide bonds. The zero-order valence-electron chi connectivity index (χ0n) is 11.0. The molecular weight excluding hydrogens is 202 g/mol. The van der Waals surface area contributed by atoms with E-state index >= 15 is 0 Å². The summed E-state index contributed by atoms with van der Waals surface area (Å²) < 4.78 is 0. The van der Waals surface area contributed by atoms with Gasteiger partial charge in [-0.05, 0) is 59.1 Å². The fourth-order valence-electron chi connectivity index (χ4n) is 2.78. The van der Waals surface area contributed by atoms with Crippen molar-refractivity contribution in [1.82, 2.24) is 4.90 Å². The Kier molecular flexibility index (Phi) is 3.21. The Labute approximate surface area is 98.1 Å². The molecule has 1 rings (SSSR count). The van der Waals surface area contributed by atoms with E-state index < -0.39 is 5.97 Å². The van der Waals surface area contributed by atoms with Crippen LogP contribution in [0.25, 0.3) is 0 Å². The van der Waals surface area contributed by atoms with Crippen LogP contribution in [0.1, 0.15) is 40.5 Å². The largest absolute Gasteiger partial charge is 0.545 e. The van der Waals surface area contributed by atoms with Crippen LogP contribution in [0.15, 0.2) is 12.2 Å². The van der Waals surface area contributed by atoms with Crippen molar-refractivity contribution in [3.8, 4) is 0 Å². The number of likely N-dealkylation sites (tertiary alicyclic amines) is 1. The first kappa shape index (κ1) is 13.2. The Morgan fingerprint density at radius 3 is 1.94 bits per heavy atom. The van der Waals surface area contributed by atoms with Gasteiger partial charge in [-0.15, -0.1) is 0 Å². The third kappa shape index (κ3) is 2.29. The Hall–Kier alpha value is -0.830. The molecule has 0 unspecified atom stereocenters. The van der Waals surface area contributed by atoms with Gasteiger partial charge >= 0.3 is 0 Å². The molecule has 0 N–H and O–H groups in total. The summed E-state index contributed by atoms with van der Waals surface area (Å²) in [5, 5.41) is 10.9. The molecule has 16 heavy (non-hydrogen) atoms. The summed E-state index contributed by atoms with van der Waals surface area (Å²) in [6.45, 7) is 12.2. The van der Waals surface area contributed by atoms with Crippen LogP contribution in [0.2, 0.25) is 0 Å². The first-order valence-corrected chi connectivity index (χ1v) is 5.72. The Morgan fingerprint density at radius 2 is 1.62 bits per heavy atom. The molecular formula is C13H22NO2-. The minimum Gasteiger partial charge on any atom is -0.545 e. The van der Waals surface area contributed by atoms with E-state index in [0.717, 1.165) is 12.8 Å². The van der Waals surface area contributed by atoms with Gasteiger partial charge in [-0.1, -0.05) is 6.58 Å². The number of aliphatic carboxylic acids is 1. The summed E-state index contributed by atoms with van der Waals surface area (Å²) >= 11 is 0. The van der Waals surface area contributed by atoms with Crippen molar-refractivity contribution < 1.29 is 9.90 Å². The van der Waals surface area contributed by atoms with Crippen molar-refractivity contribution in [1.29, 1.82) is 0 Å². The molecule has 0 atom stereocenters. The molecule has 0 aromatic heterocycles. The van der Waals surface area contributed by atoms with Gasteiger partial charge in [0.15, 0.2) is 0 Å². The number of carboxylic acids is 1. The van der Waals surface area contributed by atoms with E-state index in [9.17, 15) is 9.90 Å². The minimum atomic E-state index is -1.11. The van der Waals surface area contributed by atoms with Gasteiger partial charge in [0, 0.05) is 11.1 Å². The highest BCUT2D eigenvalue weighted by Gasteiger charge is 2.43. The number of nitrogens with zero attached hydrogens (tertiary/aromatic N) is 1. The Morgan fingerprint density at radius 1 is 1.25 bits per heavy atom. The lowest BCUT2D eigenvalue weighted by Gasteiger charge is -2.54. The van der Waals surface area contributed by atoms with E-state index in [4.69, 9.17) is 0 Å². The lowest BCUT2D eigenvalue weighted by molar-refractivity contribution is -0.300. The SMILES string of the molecule is C=C(C(=O)[O-])C1CC(C)(C)N(C)C(C)(C)C1. The second-order valence-electron chi connectivity index (χ2n) is 6.10. The standard InChI is InChI=1S/C13H23NO2/c1-9(11(15)16)10-7-12(2,3)14(6)13(4,5)8-10/h10H,1,7-8H2,2-6H3,(H,15,16)/p-1. The number of rotatable bonds is 2. The van der Waals surface area contributed by atoms with E-state index in [1.54, 1.807) is 0 Å². The van der Waals surface area contributed by atoms with E-state index in [1.807, 2.05) is 0 Å². The molecule has 0 spiro atoms. The molecule has 3 heteroatoms. The van der Waals surface area contributed by atoms with Gasteiger partial charge in [0.1, 0.15) is 0 Å². The summed E-state index contributed by atoms with van der Waals surface area (Å²) in [7, 11) is 2.10. The van der Waals surface area contributed by atoms with Crippen LogP contribution < -0.4 is 5.11 Å². The number of carbonyl (C=O) groups is 1. The van der Waals surface area contributed by atoms with Gasteiger partial charge in [-0.25, -0.2) is 0 Å². The topological polar surface area (TPSA) is 43.4 Å². The van der Waals surface area contributed by atoms with Crippen LogP contribution in [0, 0.1) is 5.92 Å². The molecule has 0 radical (unpaired) electrons. The smallest absolute Gasteiger partial charge is 0.0671 e. The molecule has 1 aliphatic rings. The van der Waals surface area contributed by atoms with Crippen LogP contribution in [0.4, 0.5) is 0 Å². The third-order valence-corrected chi connectivity index (χ3v) is 4.06. The summed E-state index contributed by atoms with van der Waals surface area (Å²) in [5.74, 6) is -1.09. The van der Waals surface area contributed by atoms with Crippen molar-refractivity contribution in [3.05, 3.63) is 12.2 Å². The van der Waals surface area contributed by atoms with E-state index in [2.05, 4.69) is 46.2 Å². The van der Waals surface area contributed by atoms with Crippen LogP contribution in [-0.2, 0) is 4.79 Å². The van der Waals surface area contributed by atoms with Crippen molar-refractivity contribution >= 4 is 5.97 Å². The predicted octanol–water partition coefficient (Wildman–Crippen LogP) is 1.19. The Bertz CT molecular complexity index is 300. The van der Waals surface area contributed by atoms with E-state index in [-0.39, 0.29) is 22.6 Å². The van der Waals surface area contributed by atoms with Gasteiger partial charge in [0.2, 0.25) is 0 Å². The molecule has 92 valence electrons. The first-order valence-electron chi connectivity index (χ1n) is 5.72. The fourth-order valence-corrected chi connectivity index (χ4v) is 2.78. The maximum atomic E-state index is 10.9. The molecule has 0 aromatic rings. The molecule has 0 saturated carbocycles. The van der Waals surface area contributed by atoms with Gasteiger partial charge in [-0.3, -0.25) is 4.90 Å². The van der Waals surface area contributed by atoms with Gasteiger partial charge < -0.3 is 9.90 Å². The molecule has 1 aliphatic heterocycles. The predicted molar refractivity (Wildman–Crippen MR) is 62.8 cm³/mol. The molecule has 1 heterocycles. The number of carbonyl (C=O) groups excluding carboxylic acids is 1. The number of carboxylic acid groups (broad SMARTS) is 1. The molecule has 1 saturated heterocycles. The number of piperidine rings is 1. The van der Waals surface area contributed by atoms with Crippen molar-refractivity contribution in [2.45, 2.75) is 51.6 Å². The van der Waals surface area contributed by atoms with Gasteiger partial charge in [0.05, 0.1) is 5.97 Å². The normalized spacial score (nSPS) is 25.3. The summed E-state index contributed by atoms with van der Waals surface area (Å²) in [5.41, 5.74) is 0.226. The van der Waals surface area contributed by atoms with Crippen LogP contribution in [0.3, 0.4) is 0 Å². The third-order valence-electron chi connectivity index (χ3n) is 4.06. The quantitative estimate of drug-likeness (QED) is 0.662. The van der Waals surface area contributed by atoms with E-state index in [1.165, 1.54) is 0 Å².